The predicted molar refractivity (Wildman–Crippen MR) is 121 cm³/mol. The molecule has 0 amide bonds. The highest BCUT2D eigenvalue weighted by molar-refractivity contribution is 7.80. The fraction of sp³-hybridized carbons (Fsp3) is 0.125. The van der Waals surface area contributed by atoms with E-state index in [0.717, 1.165) is 17.1 Å². The summed E-state index contributed by atoms with van der Waals surface area (Å²) in [5, 5.41) is 4.21. The number of hydrogen-bond donors (Lipinski definition) is 1. The van der Waals surface area contributed by atoms with Crippen molar-refractivity contribution in [3.05, 3.63) is 115 Å². The quantitative estimate of drug-likeness (QED) is 0.492. The van der Waals surface area contributed by atoms with Gasteiger partial charge in [-0.3, -0.25) is 9.97 Å². The van der Waals surface area contributed by atoms with E-state index in [9.17, 15) is 0 Å². The van der Waals surface area contributed by atoms with Crippen LogP contribution in [0, 0.1) is 0 Å². The van der Waals surface area contributed by atoms with Gasteiger partial charge in [-0.25, -0.2) is 0 Å². The number of nitrogens with zero attached hydrogens (tertiary/aromatic N) is 4. The van der Waals surface area contributed by atoms with Crippen molar-refractivity contribution in [3.63, 3.8) is 0 Å². The van der Waals surface area contributed by atoms with Crippen molar-refractivity contribution < 1.29 is 0 Å². The molecule has 0 spiro atoms. The van der Waals surface area contributed by atoms with E-state index in [1.807, 2.05) is 67.0 Å². The summed E-state index contributed by atoms with van der Waals surface area (Å²) in [6.07, 6.45) is 7.92. The molecule has 0 aliphatic carbocycles. The third-order valence-electron chi connectivity index (χ3n) is 5.37. The van der Waals surface area contributed by atoms with Gasteiger partial charge < -0.3 is 14.8 Å². The Labute approximate surface area is 181 Å². The Kier molecular flexibility index (Phi) is 4.99. The van der Waals surface area contributed by atoms with Gasteiger partial charge in [-0.2, -0.15) is 0 Å². The monoisotopic (exact) mass is 411 g/mol. The van der Waals surface area contributed by atoms with Crippen molar-refractivity contribution in [2.75, 3.05) is 0 Å². The van der Waals surface area contributed by atoms with Crippen LogP contribution in [0.5, 0.6) is 0 Å². The van der Waals surface area contributed by atoms with Gasteiger partial charge >= 0.3 is 0 Å². The maximum atomic E-state index is 5.75. The Morgan fingerprint density at radius 3 is 2.37 bits per heavy atom. The van der Waals surface area contributed by atoms with Gasteiger partial charge in [-0.1, -0.05) is 30.3 Å². The molecule has 3 aromatic heterocycles. The number of rotatable bonds is 5. The normalized spacial score (nSPS) is 18.4. The zero-order chi connectivity index (χ0) is 20.3. The van der Waals surface area contributed by atoms with Gasteiger partial charge in [0, 0.05) is 30.5 Å². The van der Waals surface area contributed by atoms with Crippen molar-refractivity contribution in [1.82, 2.24) is 24.8 Å². The molecule has 5 rings (SSSR count). The summed E-state index contributed by atoms with van der Waals surface area (Å²) >= 11 is 5.75. The molecule has 0 radical (unpaired) electrons. The molecule has 0 saturated carbocycles. The van der Waals surface area contributed by atoms with Crippen LogP contribution in [-0.4, -0.2) is 24.5 Å². The van der Waals surface area contributed by atoms with Gasteiger partial charge in [0.25, 0.3) is 0 Å². The molecule has 4 aromatic rings. The smallest absolute Gasteiger partial charge is 0.170 e. The van der Waals surface area contributed by atoms with Crippen LogP contribution in [0.2, 0.25) is 0 Å². The van der Waals surface area contributed by atoms with Gasteiger partial charge in [0.05, 0.1) is 30.0 Å². The Hall–Kier alpha value is -3.51. The molecule has 1 aliphatic heterocycles. The average molecular weight is 412 g/mol. The molecule has 1 aliphatic rings. The second kappa shape index (κ2) is 8.08. The van der Waals surface area contributed by atoms with E-state index >= 15 is 0 Å². The molecule has 1 N–H and O–H groups in total. The van der Waals surface area contributed by atoms with E-state index < -0.39 is 0 Å². The third-order valence-corrected chi connectivity index (χ3v) is 5.72. The lowest BCUT2D eigenvalue weighted by Gasteiger charge is -2.27. The topological polar surface area (TPSA) is 46.0 Å². The largest absolute Gasteiger partial charge is 0.352 e. The first-order chi connectivity index (χ1) is 14.8. The number of hydrogen-bond acceptors (Lipinski definition) is 3. The Balaban J connectivity index is 1.54. The van der Waals surface area contributed by atoms with Crippen molar-refractivity contribution in [1.29, 1.82) is 0 Å². The summed E-state index contributed by atoms with van der Waals surface area (Å²) in [7, 11) is 0. The van der Waals surface area contributed by atoms with Gasteiger partial charge in [-0.05, 0) is 60.2 Å². The van der Waals surface area contributed by atoms with Gasteiger partial charge in [0.15, 0.2) is 5.11 Å². The van der Waals surface area contributed by atoms with Crippen LogP contribution in [0.3, 0.4) is 0 Å². The van der Waals surface area contributed by atoms with Crippen LogP contribution in [-0.2, 0) is 6.54 Å². The summed E-state index contributed by atoms with van der Waals surface area (Å²) in [5.41, 5.74) is 4.26. The van der Waals surface area contributed by atoms with E-state index in [4.69, 9.17) is 12.2 Å². The lowest BCUT2D eigenvalue weighted by Crippen LogP contribution is -2.29. The number of para-hydroxylation sites is 1. The van der Waals surface area contributed by atoms with Crippen molar-refractivity contribution in [2.24, 2.45) is 0 Å². The molecule has 2 atom stereocenters. The average Bonchev–Trinajstić information content (AvgIpc) is 3.41. The Morgan fingerprint density at radius 1 is 0.867 bits per heavy atom. The minimum absolute atomic E-state index is 0.0133. The number of aromatic nitrogens is 3. The van der Waals surface area contributed by atoms with Crippen LogP contribution in [0.4, 0.5) is 0 Å². The van der Waals surface area contributed by atoms with Crippen molar-refractivity contribution in [3.8, 4) is 5.69 Å². The minimum atomic E-state index is -0.0333. The number of nitrogens with one attached hydrogen (secondary N) is 1. The van der Waals surface area contributed by atoms with Crippen LogP contribution in [0.1, 0.15) is 29.0 Å². The standard InChI is InChI=1S/C24H21N5S/c30-24-27-22(21-11-5-7-14-26-21)23(29(24)17-19-8-4-6-13-25-19)18-12-15-28(16-18)20-9-2-1-3-10-20/h1-16,22-23H,17H2,(H,27,30). The summed E-state index contributed by atoms with van der Waals surface area (Å²) in [6.45, 7) is 0.636. The molecule has 1 saturated heterocycles. The van der Waals surface area contributed by atoms with Crippen LogP contribution in [0.25, 0.3) is 5.69 Å². The molecule has 30 heavy (non-hydrogen) atoms. The number of benzene rings is 1. The van der Waals surface area contributed by atoms with Crippen LogP contribution in [0.15, 0.2) is 97.6 Å². The van der Waals surface area contributed by atoms with E-state index in [0.29, 0.717) is 11.7 Å². The summed E-state index contributed by atoms with van der Waals surface area (Å²) in [5.74, 6) is 0. The zero-order valence-electron chi connectivity index (χ0n) is 16.3. The molecule has 5 nitrogen and oxygen atoms in total. The molecular weight excluding hydrogens is 390 g/mol. The first-order valence-electron chi connectivity index (χ1n) is 9.91. The van der Waals surface area contributed by atoms with Gasteiger partial charge in [-0.15, -0.1) is 0 Å². The molecule has 1 fully saturated rings. The lowest BCUT2D eigenvalue weighted by molar-refractivity contribution is 0.308. The molecule has 148 valence electrons. The van der Waals surface area contributed by atoms with Crippen LogP contribution < -0.4 is 5.32 Å². The number of thiocarbonyl (C=S) groups is 1. The zero-order valence-corrected chi connectivity index (χ0v) is 17.1. The van der Waals surface area contributed by atoms with E-state index in [2.05, 4.69) is 55.3 Å². The maximum Gasteiger partial charge on any atom is 0.170 e. The van der Waals surface area contributed by atoms with Crippen molar-refractivity contribution in [2.45, 2.75) is 18.6 Å². The van der Waals surface area contributed by atoms with E-state index in [1.165, 1.54) is 5.56 Å². The molecule has 4 heterocycles. The third kappa shape index (κ3) is 3.57. The summed E-state index contributed by atoms with van der Waals surface area (Å²) in [4.78, 5) is 11.3. The molecule has 6 heteroatoms. The van der Waals surface area contributed by atoms with Gasteiger partial charge in [0.2, 0.25) is 0 Å². The molecule has 1 aromatic carbocycles. The molecule has 2 unspecified atom stereocenters. The molecular formula is C24H21N5S. The van der Waals surface area contributed by atoms with E-state index in [1.54, 1.807) is 0 Å². The SMILES string of the molecule is S=C1NC(c2ccccn2)C(c2ccn(-c3ccccc3)c2)N1Cc1ccccn1. The fourth-order valence-corrected chi connectivity index (χ4v) is 4.26. The van der Waals surface area contributed by atoms with Crippen LogP contribution >= 0.6 is 12.2 Å². The van der Waals surface area contributed by atoms with Gasteiger partial charge in [0.1, 0.15) is 0 Å². The second-order valence-electron chi connectivity index (χ2n) is 7.26. The Bertz CT molecular complexity index is 1130. The minimum Gasteiger partial charge on any atom is -0.352 e. The highest BCUT2D eigenvalue weighted by atomic mass is 32.1. The molecule has 0 bridgehead atoms. The highest BCUT2D eigenvalue weighted by Gasteiger charge is 2.40. The summed E-state index contributed by atoms with van der Waals surface area (Å²) in [6, 6.07) is 24.4. The fourth-order valence-electron chi connectivity index (χ4n) is 3.95. The first-order valence-corrected chi connectivity index (χ1v) is 10.3. The van der Waals surface area contributed by atoms with Crippen molar-refractivity contribution >= 4 is 17.3 Å². The summed E-state index contributed by atoms with van der Waals surface area (Å²) < 4.78 is 2.14. The second-order valence-corrected chi connectivity index (χ2v) is 7.65. The predicted octanol–water partition coefficient (Wildman–Crippen LogP) is 4.44. The number of pyridine rings is 2. The first kappa shape index (κ1) is 18.5. The highest BCUT2D eigenvalue weighted by Crippen LogP contribution is 2.39. The lowest BCUT2D eigenvalue weighted by atomic mass is 9.99. The Morgan fingerprint density at radius 2 is 1.63 bits per heavy atom. The van der Waals surface area contributed by atoms with E-state index in [-0.39, 0.29) is 12.1 Å². The maximum absolute atomic E-state index is 5.75.